The van der Waals surface area contributed by atoms with Crippen molar-refractivity contribution in [2.45, 2.75) is 19.4 Å². The molecule has 0 fully saturated rings. The van der Waals surface area contributed by atoms with Crippen molar-refractivity contribution in [1.29, 1.82) is 0 Å². The molecule has 2 rings (SSSR count). The third-order valence-corrected chi connectivity index (χ3v) is 3.01. The van der Waals surface area contributed by atoms with Crippen LogP contribution in [0.25, 0.3) is 0 Å². The summed E-state index contributed by atoms with van der Waals surface area (Å²) in [6.07, 6.45) is -0.859. The summed E-state index contributed by atoms with van der Waals surface area (Å²) in [5.74, 6) is -2.33. The van der Waals surface area contributed by atoms with Gasteiger partial charge in [-0.2, -0.15) is 0 Å². The van der Waals surface area contributed by atoms with Crippen molar-refractivity contribution in [3.63, 3.8) is 0 Å². The Balaban J connectivity index is 2.22. The van der Waals surface area contributed by atoms with Crippen molar-refractivity contribution in [1.82, 2.24) is 0 Å². The average Bonchev–Trinajstić information content (AvgIpc) is 2.36. The molecule has 1 nitrogen and oxygen atoms in total. The van der Waals surface area contributed by atoms with E-state index < -0.39 is 23.6 Å². The van der Waals surface area contributed by atoms with Gasteiger partial charge in [0.2, 0.25) is 0 Å². The van der Waals surface area contributed by atoms with Crippen LogP contribution in [-0.2, 0) is 6.42 Å². The molecule has 0 radical (unpaired) electrons. The van der Waals surface area contributed by atoms with Crippen LogP contribution >= 0.6 is 0 Å². The molecule has 0 spiro atoms. The summed E-state index contributed by atoms with van der Waals surface area (Å²) in [4.78, 5) is 0. The van der Waals surface area contributed by atoms with E-state index in [2.05, 4.69) is 0 Å². The summed E-state index contributed by atoms with van der Waals surface area (Å²) in [5.41, 5.74) is 1.65. The zero-order valence-corrected chi connectivity index (χ0v) is 10.3. The van der Waals surface area contributed by atoms with Crippen molar-refractivity contribution < 1.29 is 18.3 Å². The number of aliphatic hydroxyl groups is 1. The van der Waals surface area contributed by atoms with Crippen molar-refractivity contribution in [3.8, 4) is 0 Å². The quantitative estimate of drug-likeness (QED) is 0.898. The van der Waals surface area contributed by atoms with E-state index in [1.807, 2.05) is 0 Å². The Morgan fingerprint density at radius 2 is 1.74 bits per heavy atom. The van der Waals surface area contributed by atoms with E-state index in [-0.39, 0.29) is 6.42 Å². The van der Waals surface area contributed by atoms with E-state index in [0.717, 1.165) is 17.7 Å². The molecule has 0 amide bonds. The first-order valence-electron chi connectivity index (χ1n) is 5.85. The van der Waals surface area contributed by atoms with Crippen molar-refractivity contribution >= 4 is 0 Å². The lowest BCUT2D eigenvalue weighted by Crippen LogP contribution is -2.05. The Labute approximate surface area is 109 Å². The van der Waals surface area contributed by atoms with Gasteiger partial charge in [-0.1, -0.05) is 12.1 Å². The zero-order chi connectivity index (χ0) is 14.0. The van der Waals surface area contributed by atoms with Gasteiger partial charge in [-0.15, -0.1) is 0 Å². The molecule has 2 aromatic rings. The highest BCUT2D eigenvalue weighted by molar-refractivity contribution is 5.30. The third kappa shape index (κ3) is 3.15. The second-order valence-electron chi connectivity index (χ2n) is 4.47. The summed E-state index contributed by atoms with van der Waals surface area (Å²) >= 11 is 0. The normalized spacial score (nSPS) is 12.5. The molecule has 4 heteroatoms. The third-order valence-electron chi connectivity index (χ3n) is 3.01. The molecule has 0 saturated heterocycles. The number of hydrogen-bond donors (Lipinski definition) is 1. The van der Waals surface area contributed by atoms with Gasteiger partial charge in [0.05, 0.1) is 6.10 Å². The Morgan fingerprint density at radius 1 is 1.00 bits per heavy atom. The van der Waals surface area contributed by atoms with E-state index in [0.29, 0.717) is 11.1 Å². The van der Waals surface area contributed by atoms with Crippen LogP contribution in [0.2, 0.25) is 0 Å². The summed E-state index contributed by atoms with van der Waals surface area (Å²) in [5, 5.41) is 10.1. The molecule has 0 aliphatic rings. The Hall–Kier alpha value is -1.81. The molecule has 100 valence electrons. The summed E-state index contributed by atoms with van der Waals surface area (Å²) in [6, 6.07) is 7.57. The molecule has 0 aliphatic heterocycles. The predicted octanol–water partition coefficient (Wildman–Crippen LogP) is 3.69. The predicted molar refractivity (Wildman–Crippen MR) is 66.2 cm³/mol. The smallest absolute Gasteiger partial charge is 0.159 e. The van der Waals surface area contributed by atoms with Crippen LogP contribution in [0.4, 0.5) is 13.2 Å². The number of rotatable bonds is 3. The van der Waals surface area contributed by atoms with E-state index in [4.69, 9.17) is 0 Å². The van der Waals surface area contributed by atoms with Gasteiger partial charge in [0, 0.05) is 6.42 Å². The lowest BCUT2D eigenvalue weighted by molar-refractivity contribution is 0.177. The van der Waals surface area contributed by atoms with Gasteiger partial charge >= 0.3 is 0 Å². The molecular weight excluding hydrogens is 253 g/mol. The minimum Gasteiger partial charge on any atom is -0.388 e. The Morgan fingerprint density at radius 3 is 2.42 bits per heavy atom. The van der Waals surface area contributed by atoms with Crippen LogP contribution in [0.15, 0.2) is 36.4 Å². The summed E-state index contributed by atoms with van der Waals surface area (Å²) in [7, 11) is 0. The number of hydrogen-bond acceptors (Lipinski definition) is 1. The topological polar surface area (TPSA) is 20.2 Å². The first kappa shape index (κ1) is 13.6. The van der Waals surface area contributed by atoms with E-state index in [1.54, 1.807) is 13.0 Å². The molecule has 19 heavy (non-hydrogen) atoms. The first-order valence-corrected chi connectivity index (χ1v) is 5.85. The maximum atomic E-state index is 13.1. The number of aliphatic hydroxyl groups excluding tert-OH is 1. The number of aryl methyl sites for hydroxylation is 1. The van der Waals surface area contributed by atoms with Gasteiger partial charge in [-0.05, 0) is 47.9 Å². The monoisotopic (exact) mass is 266 g/mol. The highest BCUT2D eigenvalue weighted by Gasteiger charge is 2.13. The molecule has 1 unspecified atom stereocenters. The van der Waals surface area contributed by atoms with Gasteiger partial charge < -0.3 is 5.11 Å². The van der Waals surface area contributed by atoms with Gasteiger partial charge in [0.1, 0.15) is 5.82 Å². The molecule has 0 bridgehead atoms. The highest BCUT2D eigenvalue weighted by Crippen LogP contribution is 2.23. The number of halogens is 3. The van der Waals surface area contributed by atoms with Crippen LogP contribution in [0.1, 0.15) is 22.8 Å². The van der Waals surface area contributed by atoms with Gasteiger partial charge in [-0.25, -0.2) is 13.2 Å². The Bertz CT molecular complexity index is 596. The van der Waals surface area contributed by atoms with Gasteiger partial charge in [0.15, 0.2) is 11.6 Å². The molecule has 2 aromatic carbocycles. The molecule has 0 aliphatic carbocycles. The fourth-order valence-corrected chi connectivity index (χ4v) is 1.97. The minimum atomic E-state index is -0.958. The van der Waals surface area contributed by atoms with E-state index in [9.17, 15) is 18.3 Å². The Kier molecular flexibility index (Phi) is 3.90. The zero-order valence-electron chi connectivity index (χ0n) is 10.3. The maximum absolute atomic E-state index is 13.1. The average molecular weight is 266 g/mol. The lowest BCUT2D eigenvalue weighted by atomic mass is 9.97. The van der Waals surface area contributed by atoms with Gasteiger partial charge in [0.25, 0.3) is 0 Å². The van der Waals surface area contributed by atoms with Crippen molar-refractivity contribution in [2.24, 2.45) is 0 Å². The van der Waals surface area contributed by atoms with Gasteiger partial charge in [-0.3, -0.25) is 0 Å². The van der Waals surface area contributed by atoms with Crippen LogP contribution < -0.4 is 0 Å². The molecule has 1 atom stereocenters. The molecular formula is C15H13F3O. The summed E-state index contributed by atoms with van der Waals surface area (Å²) < 4.78 is 39.0. The lowest BCUT2D eigenvalue weighted by Gasteiger charge is -2.14. The largest absolute Gasteiger partial charge is 0.388 e. The molecule has 1 N–H and O–H groups in total. The SMILES string of the molecule is Cc1ccc(F)cc1C(O)Cc1ccc(F)c(F)c1. The van der Waals surface area contributed by atoms with E-state index >= 15 is 0 Å². The second-order valence-corrected chi connectivity index (χ2v) is 4.47. The summed E-state index contributed by atoms with van der Waals surface area (Å²) in [6.45, 7) is 1.75. The number of benzene rings is 2. The van der Waals surface area contributed by atoms with Crippen molar-refractivity contribution in [3.05, 3.63) is 70.5 Å². The van der Waals surface area contributed by atoms with Crippen molar-refractivity contribution in [2.75, 3.05) is 0 Å². The highest BCUT2D eigenvalue weighted by atomic mass is 19.2. The second kappa shape index (κ2) is 5.45. The van der Waals surface area contributed by atoms with E-state index in [1.165, 1.54) is 18.2 Å². The van der Waals surface area contributed by atoms with Crippen LogP contribution in [0.3, 0.4) is 0 Å². The fourth-order valence-electron chi connectivity index (χ4n) is 1.97. The maximum Gasteiger partial charge on any atom is 0.159 e. The standard InChI is InChI=1S/C15H13F3O/c1-9-2-4-11(16)8-12(9)15(19)7-10-3-5-13(17)14(18)6-10/h2-6,8,15,19H,7H2,1H3. The molecule has 0 aromatic heterocycles. The molecule has 0 saturated carbocycles. The van der Waals surface area contributed by atoms with Crippen LogP contribution in [0.5, 0.6) is 0 Å². The molecule has 0 heterocycles. The first-order chi connectivity index (χ1) is 8.97. The van der Waals surface area contributed by atoms with Crippen LogP contribution in [-0.4, -0.2) is 5.11 Å². The fraction of sp³-hybridized carbons (Fsp3) is 0.200. The minimum absolute atomic E-state index is 0.0987. The van der Waals surface area contributed by atoms with Crippen LogP contribution in [0, 0.1) is 24.4 Å².